The van der Waals surface area contributed by atoms with Crippen molar-refractivity contribution in [3.8, 4) is 11.8 Å². The van der Waals surface area contributed by atoms with Crippen LogP contribution in [0.4, 0.5) is 0 Å². The Morgan fingerprint density at radius 3 is 2.03 bits per heavy atom. The van der Waals surface area contributed by atoms with Gasteiger partial charge in [-0.3, -0.25) is 19.6 Å². The number of nitrogens with one attached hydrogen (secondary N) is 4. The monoisotopic (exact) mass is 484 g/mol. The number of carbonyl (C=O) groups is 3. The largest absolute Gasteiger partial charge is 0.352 e. The van der Waals surface area contributed by atoms with Crippen molar-refractivity contribution in [1.29, 1.82) is 0 Å². The maximum atomic E-state index is 12.6. The molecule has 0 unspecified atom stereocenters. The minimum Gasteiger partial charge on any atom is -0.352 e. The van der Waals surface area contributed by atoms with E-state index in [-0.39, 0.29) is 25.0 Å². The third kappa shape index (κ3) is 8.09. The van der Waals surface area contributed by atoms with Crippen molar-refractivity contribution in [3.63, 3.8) is 0 Å². The predicted molar refractivity (Wildman–Crippen MR) is 136 cm³/mol. The summed E-state index contributed by atoms with van der Waals surface area (Å²) in [6, 6.07) is 24.5. The zero-order chi connectivity index (χ0) is 25.8. The van der Waals surface area contributed by atoms with E-state index in [1.54, 1.807) is 24.3 Å². The van der Waals surface area contributed by atoms with Gasteiger partial charge in [0.2, 0.25) is 5.91 Å². The number of hydrogen-bond acceptors (Lipinski definition) is 5. The number of hydroxylamine groups is 1. The molecule has 0 saturated carbocycles. The average Bonchev–Trinajstić information content (AvgIpc) is 2.93. The van der Waals surface area contributed by atoms with E-state index < -0.39 is 17.9 Å². The van der Waals surface area contributed by atoms with E-state index in [4.69, 9.17) is 5.21 Å². The molecule has 0 spiro atoms. The van der Waals surface area contributed by atoms with E-state index in [2.05, 4.69) is 27.8 Å². The van der Waals surface area contributed by atoms with Gasteiger partial charge in [-0.2, -0.15) is 0 Å². The SMILES string of the molecule is C[C@@H](NCC(=O)NC[C@H](NC(=O)c1ccc(C#Cc2ccccc2)cc1)C(=O)NO)c1ccccc1. The van der Waals surface area contributed by atoms with Gasteiger partial charge in [0.25, 0.3) is 11.8 Å². The van der Waals surface area contributed by atoms with E-state index in [0.29, 0.717) is 5.56 Å². The fourth-order valence-corrected chi connectivity index (χ4v) is 3.28. The highest BCUT2D eigenvalue weighted by molar-refractivity contribution is 5.97. The second-order valence-corrected chi connectivity index (χ2v) is 8.01. The molecular weight excluding hydrogens is 456 g/mol. The average molecular weight is 485 g/mol. The summed E-state index contributed by atoms with van der Waals surface area (Å²) in [7, 11) is 0. The fourth-order valence-electron chi connectivity index (χ4n) is 3.28. The number of amides is 3. The molecule has 36 heavy (non-hydrogen) atoms. The molecule has 8 nitrogen and oxygen atoms in total. The van der Waals surface area contributed by atoms with Crippen LogP contribution in [0.25, 0.3) is 0 Å². The lowest BCUT2D eigenvalue weighted by Crippen LogP contribution is -2.52. The zero-order valence-corrected chi connectivity index (χ0v) is 19.8. The van der Waals surface area contributed by atoms with Crippen molar-refractivity contribution in [2.45, 2.75) is 19.0 Å². The highest BCUT2D eigenvalue weighted by atomic mass is 16.5. The van der Waals surface area contributed by atoms with Crippen LogP contribution in [0.15, 0.2) is 84.9 Å². The molecule has 5 N–H and O–H groups in total. The zero-order valence-electron chi connectivity index (χ0n) is 19.8. The summed E-state index contributed by atoms with van der Waals surface area (Å²) < 4.78 is 0. The molecule has 0 radical (unpaired) electrons. The Labute approximate surface area is 210 Å². The van der Waals surface area contributed by atoms with Crippen molar-refractivity contribution in [3.05, 3.63) is 107 Å². The summed E-state index contributed by atoms with van der Waals surface area (Å²) in [5, 5.41) is 17.3. The van der Waals surface area contributed by atoms with Crippen molar-refractivity contribution in [2.24, 2.45) is 0 Å². The topological polar surface area (TPSA) is 120 Å². The summed E-state index contributed by atoms with van der Waals surface area (Å²) in [4.78, 5) is 37.0. The standard InChI is InChI=1S/C28H28N4O4/c1-20(23-10-6-3-7-11-23)29-19-26(33)30-18-25(28(35)32-36)31-27(34)24-16-14-22(15-17-24)13-12-21-8-4-2-5-9-21/h2-11,14-17,20,25,29,36H,18-19H2,1H3,(H,30,33)(H,31,34)(H,32,35)/t20-,25+/m1/s1. The molecule has 0 aliphatic heterocycles. The summed E-state index contributed by atoms with van der Waals surface area (Å²) >= 11 is 0. The Morgan fingerprint density at radius 2 is 1.42 bits per heavy atom. The molecule has 3 amide bonds. The van der Waals surface area contributed by atoms with Crippen LogP contribution < -0.4 is 21.4 Å². The maximum absolute atomic E-state index is 12.6. The maximum Gasteiger partial charge on any atom is 0.267 e. The molecule has 0 heterocycles. The third-order valence-corrected chi connectivity index (χ3v) is 5.38. The van der Waals surface area contributed by atoms with Crippen molar-refractivity contribution < 1.29 is 19.6 Å². The highest BCUT2D eigenvalue weighted by Crippen LogP contribution is 2.10. The summed E-state index contributed by atoms with van der Waals surface area (Å²) in [5.74, 6) is 4.33. The first-order valence-electron chi connectivity index (χ1n) is 11.4. The van der Waals surface area contributed by atoms with Gasteiger partial charge in [0.05, 0.1) is 6.54 Å². The Balaban J connectivity index is 1.52. The van der Waals surface area contributed by atoms with E-state index in [1.807, 2.05) is 67.6 Å². The lowest BCUT2D eigenvalue weighted by Gasteiger charge is -2.18. The Hall–Kier alpha value is -4.45. The van der Waals surface area contributed by atoms with Crippen LogP contribution in [0.2, 0.25) is 0 Å². The van der Waals surface area contributed by atoms with Crippen LogP contribution in [-0.2, 0) is 9.59 Å². The smallest absolute Gasteiger partial charge is 0.267 e. The molecule has 0 aliphatic rings. The van der Waals surface area contributed by atoms with Crippen LogP contribution in [0, 0.1) is 11.8 Å². The normalized spacial score (nSPS) is 11.8. The summed E-state index contributed by atoms with van der Waals surface area (Å²) in [6.45, 7) is 1.76. The van der Waals surface area contributed by atoms with Crippen LogP contribution >= 0.6 is 0 Å². The molecular formula is C28H28N4O4. The molecule has 0 fully saturated rings. The molecule has 3 aromatic carbocycles. The second-order valence-electron chi connectivity index (χ2n) is 8.01. The van der Waals surface area contributed by atoms with Gasteiger partial charge in [-0.1, -0.05) is 60.4 Å². The number of rotatable bonds is 9. The lowest BCUT2D eigenvalue weighted by atomic mass is 10.1. The Morgan fingerprint density at radius 1 is 0.833 bits per heavy atom. The van der Waals surface area contributed by atoms with Gasteiger partial charge >= 0.3 is 0 Å². The third-order valence-electron chi connectivity index (χ3n) is 5.38. The second kappa shape index (κ2) is 13.4. The predicted octanol–water partition coefficient (Wildman–Crippen LogP) is 2.16. The van der Waals surface area contributed by atoms with Gasteiger partial charge in [-0.25, -0.2) is 5.48 Å². The van der Waals surface area contributed by atoms with Crippen molar-refractivity contribution in [2.75, 3.05) is 13.1 Å². The number of hydrogen-bond donors (Lipinski definition) is 5. The van der Waals surface area contributed by atoms with Gasteiger partial charge < -0.3 is 16.0 Å². The van der Waals surface area contributed by atoms with Crippen LogP contribution in [-0.4, -0.2) is 42.1 Å². The minimum atomic E-state index is -1.17. The first kappa shape index (κ1) is 26.2. The molecule has 2 atom stereocenters. The molecule has 3 aromatic rings. The van der Waals surface area contributed by atoms with E-state index in [0.717, 1.165) is 16.7 Å². The summed E-state index contributed by atoms with van der Waals surface area (Å²) in [6.07, 6.45) is 0. The highest BCUT2D eigenvalue weighted by Gasteiger charge is 2.22. The van der Waals surface area contributed by atoms with Crippen LogP contribution in [0.1, 0.15) is 40.0 Å². The number of benzene rings is 3. The van der Waals surface area contributed by atoms with Crippen LogP contribution in [0.3, 0.4) is 0 Å². The van der Waals surface area contributed by atoms with Gasteiger partial charge in [0.1, 0.15) is 6.04 Å². The van der Waals surface area contributed by atoms with Crippen LogP contribution in [0.5, 0.6) is 0 Å². The fraction of sp³-hybridized carbons (Fsp3) is 0.179. The van der Waals surface area contributed by atoms with E-state index in [1.165, 1.54) is 5.48 Å². The quantitative estimate of drug-likeness (QED) is 0.181. The molecule has 3 rings (SSSR count). The van der Waals surface area contributed by atoms with Gasteiger partial charge in [0, 0.05) is 29.3 Å². The minimum absolute atomic E-state index is 0.0168. The Bertz CT molecular complexity index is 1220. The molecule has 8 heteroatoms. The first-order chi connectivity index (χ1) is 17.5. The number of carbonyl (C=O) groups excluding carboxylic acids is 3. The molecule has 0 aliphatic carbocycles. The van der Waals surface area contributed by atoms with Crippen molar-refractivity contribution >= 4 is 17.7 Å². The van der Waals surface area contributed by atoms with Gasteiger partial charge in [-0.15, -0.1) is 0 Å². The van der Waals surface area contributed by atoms with Gasteiger partial charge in [0.15, 0.2) is 0 Å². The molecule has 0 aromatic heterocycles. The van der Waals surface area contributed by atoms with E-state index in [9.17, 15) is 14.4 Å². The van der Waals surface area contributed by atoms with E-state index >= 15 is 0 Å². The Kier molecular flexibility index (Phi) is 9.77. The molecule has 0 saturated heterocycles. The van der Waals surface area contributed by atoms with Gasteiger partial charge in [-0.05, 0) is 48.9 Å². The first-order valence-corrected chi connectivity index (χ1v) is 11.4. The molecule has 184 valence electrons. The molecule has 0 bridgehead atoms. The lowest BCUT2D eigenvalue weighted by molar-refractivity contribution is -0.131. The van der Waals surface area contributed by atoms with Crippen molar-refractivity contribution in [1.82, 2.24) is 21.4 Å². The summed E-state index contributed by atoms with van der Waals surface area (Å²) in [5.41, 5.74) is 4.47.